The minimum atomic E-state index is -0.201. The molecule has 1 saturated carbocycles. The fourth-order valence-corrected chi connectivity index (χ4v) is 3.90. The number of carbonyl (C=O) groups excluding carboxylic acids is 2. The summed E-state index contributed by atoms with van der Waals surface area (Å²) < 4.78 is 0. The molecule has 0 atom stereocenters. The van der Waals surface area contributed by atoms with Gasteiger partial charge in [-0.15, -0.1) is 0 Å². The zero-order chi connectivity index (χ0) is 17.6. The number of urea groups is 1. The monoisotopic (exact) mass is 343 g/mol. The van der Waals surface area contributed by atoms with Crippen LogP contribution in [0.15, 0.2) is 18.2 Å². The van der Waals surface area contributed by atoms with E-state index < -0.39 is 0 Å². The Morgan fingerprint density at radius 3 is 2.36 bits per heavy atom. The lowest BCUT2D eigenvalue weighted by Gasteiger charge is -2.21. The van der Waals surface area contributed by atoms with E-state index in [9.17, 15) is 9.59 Å². The first-order valence-electron chi connectivity index (χ1n) is 9.61. The van der Waals surface area contributed by atoms with Gasteiger partial charge in [0.05, 0.1) is 11.3 Å². The number of nitrogens with one attached hydrogen (secondary N) is 2. The first-order valence-corrected chi connectivity index (χ1v) is 9.61. The lowest BCUT2D eigenvalue weighted by atomic mass is 10.0. The van der Waals surface area contributed by atoms with E-state index >= 15 is 0 Å². The largest absolute Gasteiger partial charge is 0.339 e. The minimum absolute atomic E-state index is 0.0281. The van der Waals surface area contributed by atoms with Crippen molar-refractivity contribution in [1.82, 2.24) is 10.2 Å². The highest BCUT2D eigenvalue weighted by atomic mass is 16.2. The normalized spacial score (nSPS) is 18.7. The highest BCUT2D eigenvalue weighted by molar-refractivity contribution is 6.04. The number of likely N-dealkylation sites (tertiary alicyclic amines) is 1. The standard InChI is InChI=1S/C20H29N3O2/c1-15-9-8-12-17(18(15)19(24)23-13-6-7-14-23)22-20(25)21-16-10-4-2-3-5-11-16/h8-9,12,16H,2-7,10-11,13-14H2,1H3,(H2,21,22,25). The van der Waals surface area contributed by atoms with E-state index in [-0.39, 0.29) is 18.0 Å². The lowest BCUT2D eigenvalue weighted by Crippen LogP contribution is -2.38. The van der Waals surface area contributed by atoms with E-state index in [2.05, 4.69) is 10.6 Å². The van der Waals surface area contributed by atoms with Gasteiger partial charge in [-0.3, -0.25) is 4.79 Å². The first-order chi connectivity index (χ1) is 12.1. The number of amides is 3. The van der Waals surface area contributed by atoms with Crippen LogP contribution in [0.25, 0.3) is 0 Å². The van der Waals surface area contributed by atoms with Gasteiger partial charge in [-0.05, 0) is 44.2 Å². The highest BCUT2D eigenvalue weighted by Crippen LogP contribution is 2.24. The predicted molar refractivity (Wildman–Crippen MR) is 100.0 cm³/mol. The van der Waals surface area contributed by atoms with Crippen molar-refractivity contribution in [2.75, 3.05) is 18.4 Å². The molecule has 0 aromatic heterocycles. The van der Waals surface area contributed by atoms with Gasteiger partial charge in [0, 0.05) is 19.1 Å². The van der Waals surface area contributed by atoms with Crippen LogP contribution in [0.1, 0.15) is 67.3 Å². The summed E-state index contributed by atoms with van der Waals surface area (Å²) in [7, 11) is 0. The summed E-state index contributed by atoms with van der Waals surface area (Å²) >= 11 is 0. The topological polar surface area (TPSA) is 61.4 Å². The Morgan fingerprint density at radius 1 is 1.00 bits per heavy atom. The number of nitrogens with zero attached hydrogens (tertiary/aromatic N) is 1. The quantitative estimate of drug-likeness (QED) is 0.813. The Hall–Kier alpha value is -2.04. The second kappa shape index (κ2) is 8.37. The van der Waals surface area contributed by atoms with Crippen LogP contribution in [-0.4, -0.2) is 36.0 Å². The van der Waals surface area contributed by atoms with Gasteiger partial charge in [0.15, 0.2) is 0 Å². The van der Waals surface area contributed by atoms with Crippen LogP contribution in [0.2, 0.25) is 0 Å². The van der Waals surface area contributed by atoms with Gasteiger partial charge in [-0.25, -0.2) is 4.79 Å². The Balaban J connectivity index is 1.70. The van der Waals surface area contributed by atoms with Gasteiger partial charge in [0.1, 0.15) is 0 Å². The molecule has 0 unspecified atom stereocenters. The summed E-state index contributed by atoms with van der Waals surface area (Å²) in [5, 5.41) is 6.01. The molecule has 1 heterocycles. The molecule has 1 aliphatic heterocycles. The number of rotatable bonds is 3. The fourth-order valence-electron chi connectivity index (χ4n) is 3.90. The third-order valence-corrected chi connectivity index (χ3v) is 5.32. The molecule has 0 bridgehead atoms. The van der Waals surface area contributed by atoms with Crippen molar-refractivity contribution in [3.63, 3.8) is 0 Å². The molecule has 1 aromatic carbocycles. The molecule has 25 heavy (non-hydrogen) atoms. The SMILES string of the molecule is Cc1cccc(NC(=O)NC2CCCCCC2)c1C(=O)N1CCCC1. The second-order valence-corrected chi connectivity index (χ2v) is 7.28. The Bertz CT molecular complexity index is 615. The molecule has 2 fully saturated rings. The molecular formula is C20H29N3O2. The van der Waals surface area contributed by atoms with Crippen molar-refractivity contribution in [2.24, 2.45) is 0 Å². The van der Waals surface area contributed by atoms with Crippen molar-refractivity contribution in [2.45, 2.75) is 64.3 Å². The first kappa shape index (κ1) is 17.8. The zero-order valence-corrected chi connectivity index (χ0v) is 15.1. The lowest BCUT2D eigenvalue weighted by molar-refractivity contribution is 0.0793. The third kappa shape index (κ3) is 4.53. The van der Waals surface area contributed by atoms with Gasteiger partial charge in [-0.2, -0.15) is 0 Å². The average Bonchev–Trinajstić information content (AvgIpc) is 3.00. The van der Waals surface area contributed by atoms with Crippen LogP contribution < -0.4 is 10.6 Å². The molecule has 136 valence electrons. The van der Waals surface area contributed by atoms with Crippen LogP contribution in [0.5, 0.6) is 0 Å². The van der Waals surface area contributed by atoms with Crippen molar-refractivity contribution in [1.29, 1.82) is 0 Å². The van der Waals surface area contributed by atoms with E-state index in [1.807, 2.05) is 30.0 Å². The minimum Gasteiger partial charge on any atom is -0.339 e. The Kier molecular flexibility index (Phi) is 5.95. The molecule has 2 N–H and O–H groups in total. The van der Waals surface area contributed by atoms with E-state index in [0.717, 1.165) is 44.3 Å². The molecular weight excluding hydrogens is 314 g/mol. The molecule has 5 heteroatoms. The van der Waals surface area contributed by atoms with Crippen LogP contribution in [0.3, 0.4) is 0 Å². The van der Waals surface area contributed by atoms with Crippen LogP contribution in [-0.2, 0) is 0 Å². The fraction of sp³-hybridized carbons (Fsp3) is 0.600. The van der Waals surface area contributed by atoms with Crippen molar-refractivity contribution < 1.29 is 9.59 Å². The summed E-state index contributed by atoms with van der Waals surface area (Å²) in [5.41, 5.74) is 2.15. The molecule has 3 rings (SSSR count). The summed E-state index contributed by atoms with van der Waals surface area (Å²) in [6.45, 7) is 3.54. The van der Waals surface area contributed by atoms with Crippen LogP contribution in [0.4, 0.5) is 10.5 Å². The maximum atomic E-state index is 12.9. The Morgan fingerprint density at radius 2 is 1.68 bits per heavy atom. The summed E-state index contributed by atoms with van der Waals surface area (Å²) in [5.74, 6) is 0.0281. The smallest absolute Gasteiger partial charge is 0.319 e. The van der Waals surface area contributed by atoms with Gasteiger partial charge < -0.3 is 15.5 Å². The van der Waals surface area contributed by atoms with Gasteiger partial charge in [0.25, 0.3) is 5.91 Å². The predicted octanol–water partition coefficient (Wildman–Crippen LogP) is 4.08. The molecule has 3 amide bonds. The molecule has 0 spiro atoms. The van der Waals surface area contributed by atoms with Gasteiger partial charge in [-0.1, -0.05) is 37.8 Å². The Labute approximate surface area is 150 Å². The van der Waals surface area contributed by atoms with Crippen LogP contribution in [0, 0.1) is 6.92 Å². The number of anilines is 1. The molecule has 1 saturated heterocycles. The zero-order valence-electron chi connectivity index (χ0n) is 15.1. The third-order valence-electron chi connectivity index (χ3n) is 5.32. The molecule has 0 radical (unpaired) electrons. The van der Waals surface area contributed by atoms with Gasteiger partial charge in [0.2, 0.25) is 0 Å². The van der Waals surface area contributed by atoms with E-state index in [4.69, 9.17) is 0 Å². The number of benzene rings is 1. The maximum Gasteiger partial charge on any atom is 0.319 e. The second-order valence-electron chi connectivity index (χ2n) is 7.28. The average molecular weight is 343 g/mol. The van der Waals surface area contributed by atoms with E-state index in [1.165, 1.54) is 25.7 Å². The number of hydrogen-bond donors (Lipinski definition) is 2. The number of carbonyl (C=O) groups is 2. The number of hydrogen-bond acceptors (Lipinski definition) is 2. The van der Waals surface area contributed by atoms with E-state index in [0.29, 0.717) is 11.3 Å². The molecule has 5 nitrogen and oxygen atoms in total. The molecule has 2 aliphatic rings. The van der Waals surface area contributed by atoms with Crippen molar-refractivity contribution in [3.8, 4) is 0 Å². The molecule has 1 aliphatic carbocycles. The highest BCUT2D eigenvalue weighted by Gasteiger charge is 2.24. The number of aryl methyl sites for hydroxylation is 1. The summed E-state index contributed by atoms with van der Waals surface area (Å²) in [6.07, 6.45) is 9.06. The van der Waals surface area contributed by atoms with Gasteiger partial charge >= 0.3 is 6.03 Å². The molecule has 1 aromatic rings. The van der Waals surface area contributed by atoms with E-state index in [1.54, 1.807) is 0 Å². The van der Waals surface area contributed by atoms with Crippen molar-refractivity contribution in [3.05, 3.63) is 29.3 Å². The maximum absolute atomic E-state index is 12.9. The van der Waals surface area contributed by atoms with Crippen LogP contribution >= 0.6 is 0 Å². The summed E-state index contributed by atoms with van der Waals surface area (Å²) in [6, 6.07) is 5.68. The van der Waals surface area contributed by atoms with Crippen molar-refractivity contribution >= 4 is 17.6 Å². The summed E-state index contributed by atoms with van der Waals surface area (Å²) in [4.78, 5) is 27.2.